The minimum Gasteiger partial charge on any atom is -0.376 e. The molecule has 0 bridgehead atoms. The number of halogens is 1. The summed E-state index contributed by atoms with van der Waals surface area (Å²) in [7, 11) is 0. The fourth-order valence-electron chi connectivity index (χ4n) is 3.24. The highest BCUT2D eigenvalue weighted by molar-refractivity contribution is 6.32. The maximum atomic E-state index is 6.26. The molecule has 110 valence electrons. The molecule has 1 aromatic heterocycles. The molecule has 0 saturated heterocycles. The summed E-state index contributed by atoms with van der Waals surface area (Å²) < 4.78 is 0. The Kier molecular flexibility index (Phi) is 3.66. The molecule has 1 N–H and O–H groups in total. The second-order valence-corrected chi connectivity index (χ2v) is 6.86. The molecule has 0 spiro atoms. The molecule has 0 saturated carbocycles. The highest BCUT2D eigenvalue weighted by Gasteiger charge is 2.32. The topological polar surface area (TPSA) is 24.9 Å². The lowest BCUT2D eigenvalue weighted by atomic mass is 9.71. The van der Waals surface area contributed by atoms with E-state index in [9.17, 15) is 0 Å². The molecule has 1 atom stereocenters. The van der Waals surface area contributed by atoms with Crippen LogP contribution in [-0.4, -0.2) is 4.98 Å². The van der Waals surface area contributed by atoms with Gasteiger partial charge in [-0.1, -0.05) is 49.7 Å². The van der Waals surface area contributed by atoms with Gasteiger partial charge in [-0.3, -0.25) is 0 Å². The van der Waals surface area contributed by atoms with E-state index < -0.39 is 0 Å². The van der Waals surface area contributed by atoms with Gasteiger partial charge in [0.15, 0.2) is 5.15 Å². The fraction of sp³-hybridized carbons (Fsp3) is 0.389. The number of hydrogen-bond acceptors (Lipinski definition) is 2. The Labute approximate surface area is 131 Å². The zero-order chi connectivity index (χ0) is 15.0. The van der Waals surface area contributed by atoms with Crippen molar-refractivity contribution in [3.8, 4) is 0 Å². The number of aromatic nitrogens is 1. The van der Waals surface area contributed by atoms with Crippen molar-refractivity contribution in [3.63, 3.8) is 0 Å². The molecule has 1 aliphatic rings. The molecule has 1 aromatic carbocycles. The minimum absolute atomic E-state index is 0.239. The second kappa shape index (κ2) is 5.34. The van der Waals surface area contributed by atoms with E-state index in [1.54, 1.807) is 6.20 Å². The van der Waals surface area contributed by atoms with Crippen LogP contribution in [0.3, 0.4) is 0 Å². The Morgan fingerprint density at radius 1 is 1.24 bits per heavy atom. The number of fused-ring (bicyclic) bond motifs is 1. The standard InChI is InChI=1S/C18H21ClN2/c1-12-9-11-20-17(19)16(12)21-15-8-10-18(2,3)14-7-5-4-6-13(14)15/h4-7,9,11,15,21H,8,10H2,1-3H3. The lowest BCUT2D eigenvalue weighted by molar-refractivity contribution is 0.406. The van der Waals surface area contributed by atoms with Gasteiger partial charge in [-0.2, -0.15) is 0 Å². The highest BCUT2D eigenvalue weighted by atomic mass is 35.5. The average Bonchev–Trinajstić information content (AvgIpc) is 2.45. The third-order valence-electron chi connectivity index (χ3n) is 4.55. The third kappa shape index (κ3) is 2.65. The van der Waals surface area contributed by atoms with Crippen LogP contribution in [0.25, 0.3) is 0 Å². The van der Waals surface area contributed by atoms with Gasteiger partial charge in [0.05, 0.1) is 11.7 Å². The van der Waals surface area contributed by atoms with E-state index in [0.29, 0.717) is 11.2 Å². The van der Waals surface area contributed by atoms with Crippen molar-refractivity contribution < 1.29 is 0 Å². The summed E-state index contributed by atoms with van der Waals surface area (Å²) in [6.07, 6.45) is 4.02. The number of rotatable bonds is 2. The fourth-order valence-corrected chi connectivity index (χ4v) is 3.50. The van der Waals surface area contributed by atoms with Crippen LogP contribution in [0.4, 0.5) is 5.69 Å². The van der Waals surface area contributed by atoms with Crippen molar-refractivity contribution >= 4 is 17.3 Å². The van der Waals surface area contributed by atoms with Gasteiger partial charge in [0.25, 0.3) is 0 Å². The first kappa shape index (κ1) is 14.4. The Bertz CT molecular complexity index is 644. The largest absolute Gasteiger partial charge is 0.376 e. The molecule has 21 heavy (non-hydrogen) atoms. The average molecular weight is 301 g/mol. The summed E-state index contributed by atoms with van der Waals surface area (Å²) >= 11 is 6.26. The quantitative estimate of drug-likeness (QED) is 0.764. The first-order valence-corrected chi connectivity index (χ1v) is 7.84. The van der Waals surface area contributed by atoms with Crippen LogP contribution < -0.4 is 5.32 Å². The van der Waals surface area contributed by atoms with Gasteiger partial charge in [-0.05, 0) is 47.9 Å². The number of benzene rings is 1. The number of aryl methyl sites for hydroxylation is 1. The van der Waals surface area contributed by atoms with E-state index in [1.165, 1.54) is 17.5 Å². The van der Waals surface area contributed by atoms with Crippen molar-refractivity contribution in [1.29, 1.82) is 0 Å². The highest BCUT2D eigenvalue weighted by Crippen LogP contribution is 2.43. The van der Waals surface area contributed by atoms with Gasteiger partial charge in [-0.25, -0.2) is 4.98 Å². The predicted octanol–water partition coefficient (Wildman–Crippen LogP) is 5.27. The van der Waals surface area contributed by atoms with Crippen LogP contribution >= 0.6 is 11.6 Å². The number of anilines is 1. The summed E-state index contributed by atoms with van der Waals surface area (Å²) in [6.45, 7) is 6.71. The molecule has 2 aromatic rings. The van der Waals surface area contributed by atoms with Crippen LogP contribution in [0, 0.1) is 6.92 Å². The molecule has 0 radical (unpaired) electrons. The van der Waals surface area contributed by atoms with Crippen LogP contribution in [0.15, 0.2) is 36.5 Å². The van der Waals surface area contributed by atoms with Crippen molar-refractivity contribution in [3.05, 3.63) is 58.4 Å². The van der Waals surface area contributed by atoms with E-state index in [2.05, 4.69) is 55.3 Å². The van der Waals surface area contributed by atoms with Crippen molar-refractivity contribution in [2.75, 3.05) is 5.32 Å². The van der Waals surface area contributed by atoms with Crippen molar-refractivity contribution in [1.82, 2.24) is 4.98 Å². The number of nitrogens with one attached hydrogen (secondary N) is 1. The lowest BCUT2D eigenvalue weighted by Gasteiger charge is -2.38. The van der Waals surface area contributed by atoms with Gasteiger partial charge in [-0.15, -0.1) is 0 Å². The van der Waals surface area contributed by atoms with Crippen LogP contribution in [0.5, 0.6) is 0 Å². The first-order valence-electron chi connectivity index (χ1n) is 7.46. The maximum Gasteiger partial charge on any atom is 0.152 e. The monoisotopic (exact) mass is 300 g/mol. The summed E-state index contributed by atoms with van der Waals surface area (Å²) in [5.41, 5.74) is 5.15. The Morgan fingerprint density at radius 3 is 2.76 bits per heavy atom. The van der Waals surface area contributed by atoms with Crippen LogP contribution in [-0.2, 0) is 5.41 Å². The van der Waals surface area contributed by atoms with Crippen molar-refractivity contribution in [2.45, 2.75) is 45.1 Å². The van der Waals surface area contributed by atoms with Crippen LogP contribution in [0.1, 0.15) is 49.4 Å². The molecule has 3 heteroatoms. The van der Waals surface area contributed by atoms with E-state index in [0.717, 1.165) is 17.7 Å². The third-order valence-corrected chi connectivity index (χ3v) is 4.84. The molecule has 2 nitrogen and oxygen atoms in total. The summed E-state index contributed by atoms with van der Waals surface area (Å²) in [5.74, 6) is 0. The zero-order valence-corrected chi connectivity index (χ0v) is 13.5. The normalized spacial score (nSPS) is 19.9. The van der Waals surface area contributed by atoms with Crippen molar-refractivity contribution in [2.24, 2.45) is 0 Å². The Balaban J connectivity index is 1.98. The summed E-state index contributed by atoms with van der Waals surface area (Å²) in [6, 6.07) is 11.0. The number of nitrogens with zero attached hydrogens (tertiary/aromatic N) is 1. The smallest absolute Gasteiger partial charge is 0.152 e. The van der Waals surface area contributed by atoms with E-state index in [1.807, 2.05) is 6.07 Å². The number of pyridine rings is 1. The van der Waals surface area contributed by atoms with Gasteiger partial charge in [0, 0.05) is 6.20 Å². The lowest BCUT2D eigenvalue weighted by Crippen LogP contribution is -2.29. The Morgan fingerprint density at radius 2 is 2.00 bits per heavy atom. The van der Waals surface area contributed by atoms with E-state index >= 15 is 0 Å². The van der Waals surface area contributed by atoms with E-state index in [-0.39, 0.29) is 5.41 Å². The minimum atomic E-state index is 0.239. The summed E-state index contributed by atoms with van der Waals surface area (Å²) in [4.78, 5) is 4.19. The SMILES string of the molecule is Cc1ccnc(Cl)c1NC1CCC(C)(C)c2ccccc21. The van der Waals surface area contributed by atoms with E-state index in [4.69, 9.17) is 11.6 Å². The molecule has 0 amide bonds. The van der Waals surface area contributed by atoms with Gasteiger partial charge in [0.2, 0.25) is 0 Å². The van der Waals surface area contributed by atoms with Gasteiger partial charge in [0.1, 0.15) is 0 Å². The molecule has 3 rings (SSSR count). The van der Waals surface area contributed by atoms with Crippen LogP contribution in [0.2, 0.25) is 5.15 Å². The molecular weight excluding hydrogens is 280 g/mol. The number of hydrogen-bond donors (Lipinski definition) is 1. The molecule has 1 aliphatic carbocycles. The molecule has 1 unspecified atom stereocenters. The summed E-state index contributed by atoms with van der Waals surface area (Å²) in [5, 5.41) is 4.17. The molecule has 0 aliphatic heterocycles. The molecule has 0 fully saturated rings. The second-order valence-electron chi connectivity index (χ2n) is 6.50. The zero-order valence-electron chi connectivity index (χ0n) is 12.8. The maximum absolute atomic E-state index is 6.26. The van der Waals surface area contributed by atoms with Gasteiger partial charge >= 0.3 is 0 Å². The van der Waals surface area contributed by atoms with Gasteiger partial charge < -0.3 is 5.32 Å². The molecular formula is C18H21ClN2. The predicted molar refractivity (Wildman–Crippen MR) is 89.0 cm³/mol. The first-order chi connectivity index (χ1) is 9.99. The Hall–Kier alpha value is -1.54. The molecule has 1 heterocycles.